The van der Waals surface area contributed by atoms with Gasteiger partial charge in [-0.15, -0.1) is 0 Å². The van der Waals surface area contributed by atoms with E-state index in [1.54, 1.807) is 0 Å². The third kappa shape index (κ3) is 7.86. The maximum atomic E-state index is 12.4. The Morgan fingerprint density at radius 2 is 1.55 bits per heavy atom. The van der Waals surface area contributed by atoms with Crippen molar-refractivity contribution in [2.24, 2.45) is 11.8 Å². The van der Waals surface area contributed by atoms with E-state index in [9.17, 15) is 4.79 Å². The minimum Gasteiger partial charge on any atom is -0.385 e. The molecule has 162 valence electrons. The maximum Gasteiger partial charge on any atom is 0.227 e. The van der Waals surface area contributed by atoms with Gasteiger partial charge in [-0.1, -0.05) is 31.2 Å². The number of rotatable bonds is 7. The Balaban J connectivity index is 1.35. The van der Waals surface area contributed by atoms with Crippen molar-refractivity contribution in [3.63, 3.8) is 0 Å². The van der Waals surface area contributed by atoms with Gasteiger partial charge in [0.1, 0.15) is 0 Å². The summed E-state index contributed by atoms with van der Waals surface area (Å²) >= 11 is 1.87. The van der Waals surface area contributed by atoms with Crippen molar-refractivity contribution < 1.29 is 4.79 Å². The van der Waals surface area contributed by atoms with E-state index in [4.69, 9.17) is 0 Å². The zero-order chi connectivity index (χ0) is 20.7. The van der Waals surface area contributed by atoms with Gasteiger partial charge in [0.15, 0.2) is 0 Å². The van der Waals surface area contributed by atoms with Crippen molar-refractivity contribution in [3.8, 4) is 0 Å². The van der Waals surface area contributed by atoms with Crippen molar-refractivity contribution in [1.82, 2.24) is 4.72 Å². The van der Waals surface area contributed by atoms with Gasteiger partial charge in [0.05, 0.1) is 0 Å². The quantitative estimate of drug-likeness (QED) is 0.462. The number of amides is 1. The lowest BCUT2D eigenvalue weighted by molar-refractivity contribution is -0.120. The topological polar surface area (TPSA) is 53.2 Å². The van der Waals surface area contributed by atoms with Crippen LogP contribution in [0.15, 0.2) is 24.3 Å². The van der Waals surface area contributed by atoms with Crippen LogP contribution in [0.3, 0.4) is 0 Å². The molecule has 0 saturated heterocycles. The second kappa shape index (κ2) is 10.7. The monoisotopic (exact) mass is 417 g/mol. The molecule has 0 unspecified atom stereocenters. The van der Waals surface area contributed by atoms with E-state index in [-0.39, 0.29) is 16.6 Å². The number of carbonyl (C=O) groups is 1. The lowest BCUT2D eigenvalue weighted by Crippen LogP contribution is -2.33. The normalized spacial score (nSPS) is 23.6. The number of anilines is 2. The van der Waals surface area contributed by atoms with Crippen molar-refractivity contribution in [3.05, 3.63) is 24.3 Å². The minimum atomic E-state index is 0.195. The highest BCUT2D eigenvalue weighted by atomic mass is 32.2. The highest BCUT2D eigenvalue weighted by Gasteiger charge is 2.23. The minimum absolute atomic E-state index is 0.195. The third-order valence-electron chi connectivity index (χ3n) is 6.10. The second-order valence-corrected chi connectivity index (χ2v) is 11.5. The highest BCUT2D eigenvalue weighted by Crippen LogP contribution is 2.29. The molecule has 2 aliphatic carbocycles. The largest absolute Gasteiger partial charge is 0.385 e. The maximum absolute atomic E-state index is 12.4. The fourth-order valence-corrected chi connectivity index (χ4v) is 5.04. The average molecular weight is 418 g/mol. The summed E-state index contributed by atoms with van der Waals surface area (Å²) in [5, 5.41) is 6.69. The van der Waals surface area contributed by atoms with Gasteiger partial charge in [-0.25, -0.2) is 0 Å². The fourth-order valence-electron chi connectivity index (χ4n) is 4.29. The molecule has 29 heavy (non-hydrogen) atoms. The predicted octanol–water partition coefficient (Wildman–Crippen LogP) is 6.21. The molecule has 0 heterocycles. The van der Waals surface area contributed by atoms with Gasteiger partial charge >= 0.3 is 0 Å². The number of hydrogen-bond acceptors (Lipinski definition) is 4. The number of nitrogens with one attached hydrogen (secondary N) is 3. The third-order valence-corrected chi connectivity index (χ3v) is 7.17. The Bertz CT molecular complexity index is 627. The SMILES string of the molecule is CC(C)(C)SNC1CCC(CNc2ccc(NC(=O)C3CCCCC3)cc2)CC1. The van der Waals surface area contributed by atoms with Crippen LogP contribution in [0.4, 0.5) is 11.4 Å². The molecule has 4 nitrogen and oxygen atoms in total. The van der Waals surface area contributed by atoms with Crippen LogP contribution in [0, 0.1) is 11.8 Å². The summed E-state index contributed by atoms with van der Waals surface area (Å²) in [6.45, 7) is 7.81. The van der Waals surface area contributed by atoms with Crippen LogP contribution in [0.5, 0.6) is 0 Å². The molecule has 5 heteroatoms. The zero-order valence-corrected chi connectivity index (χ0v) is 19.2. The Morgan fingerprint density at radius 3 is 2.17 bits per heavy atom. The van der Waals surface area contributed by atoms with Crippen molar-refractivity contribution in [2.75, 3.05) is 17.2 Å². The van der Waals surface area contributed by atoms with Gasteiger partial charge in [0, 0.05) is 34.6 Å². The van der Waals surface area contributed by atoms with Crippen LogP contribution < -0.4 is 15.4 Å². The molecular formula is C24H39N3OS. The summed E-state index contributed by atoms with van der Waals surface area (Å²) in [7, 11) is 0. The molecule has 2 saturated carbocycles. The summed E-state index contributed by atoms with van der Waals surface area (Å²) in [6, 6.07) is 8.87. The summed E-state index contributed by atoms with van der Waals surface area (Å²) in [5.74, 6) is 1.15. The van der Waals surface area contributed by atoms with Gasteiger partial charge in [0.25, 0.3) is 0 Å². The lowest BCUT2D eigenvalue weighted by atomic mass is 9.86. The van der Waals surface area contributed by atoms with Gasteiger partial charge < -0.3 is 10.6 Å². The van der Waals surface area contributed by atoms with Gasteiger partial charge in [-0.05, 0) is 89.5 Å². The highest BCUT2D eigenvalue weighted by molar-refractivity contribution is 7.98. The smallest absolute Gasteiger partial charge is 0.227 e. The van der Waals surface area contributed by atoms with Crippen LogP contribution in [0.1, 0.15) is 78.6 Å². The molecule has 0 radical (unpaired) electrons. The summed E-state index contributed by atoms with van der Waals surface area (Å²) in [4.78, 5) is 12.4. The summed E-state index contributed by atoms with van der Waals surface area (Å²) in [5.41, 5.74) is 2.05. The molecule has 1 amide bonds. The lowest BCUT2D eigenvalue weighted by Gasteiger charge is -2.31. The van der Waals surface area contributed by atoms with E-state index < -0.39 is 0 Å². The fraction of sp³-hybridized carbons (Fsp3) is 0.708. The Hall–Kier alpha value is -1.20. The molecule has 0 aromatic heterocycles. The first-order chi connectivity index (χ1) is 13.9. The van der Waals surface area contributed by atoms with Gasteiger partial charge in [-0.2, -0.15) is 0 Å². The molecule has 3 rings (SSSR count). The van der Waals surface area contributed by atoms with Crippen LogP contribution in [-0.4, -0.2) is 23.2 Å². The first-order valence-electron chi connectivity index (χ1n) is 11.5. The molecule has 1 aromatic carbocycles. The van der Waals surface area contributed by atoms with Crippen LogP contribution in [0.25, 0.3) is 0 Å². The first kappa shape index (κ1) is 22.5. The van der Waals surface area contributed by atoms with Gasteiger partial charge in [0.2, 0.25) is 5.91 Å². The van der Waals surface area contributed by atoms with Crippen LogP contribution >= 0.6 is 11.9 Å². The van der Waals surface area contributed by atoms with Gasteiger partial charge in [-0.3, -0.25) is 9.52 Å². The van der Waals surface area contributed by atoms with Crippen molar-refractivity contribution >= 4 is 29.2 Å². The van der Waals surface area contributed by atoms with E-state index in [2.05, 4.69) is 48.3 Å². The molecular weight excluding hydrogens is 378 g/mol. The van der Waals surface area contributed by atoms with E-state index in [1.165, 1.54) is 44.9 Å². The predicted molar refractivity (Wildman–Crippen MR) is 126 cm³/mol. The van der Waals surface area contributed by atoms with E-state index in [0.29, 0.717) is 6.04 Å². The molecule has 1 aromatic rings. The summed E-state index contributed by atoms with van der Waals surface area (Å²) < 4.78 is 3.94. The molecule has 0 atom stereocenters. The van der Waals surface area contributed by atoms with Crippen molar-refractivity contribution in [1.29, 1.82) is 0 Å². The van der Waals surface area contributed by atoms with Crippen molar-refractivity contribution in [2.45, 2.75) is 89.3 Å². The Labute approximate surface area is 181 Å². The molecule has 2 fully saturated rings. The van der Waals surface area contributed by atoms with E-state index in [1.807, 2.05) is 24.1 Å². The molecule has 2 aliphatic rings. The first-order valence-corrected chi connectivity index (χ1v) is 12.3. The van der Waals surface area contributed by atoms with Crippen LogP contribution in [0.2, 0.25) is 0 Å². The van der Waals surface area contributed by atoms with E-state index in [0.717, 1.165) is 36.7 Å². The second-order valence-electron chi connectivity index (χ2n) is 9.83. The molecule has 3 N–H and O–H groups in total. The molecule has 0 spiro atoms. The number of carbonyl (C=O) groups excluding carboxylic acids is 1. The molecule has 0 bridgehead atoms. The zero-order valence-electron chi connectivity index (χ0n) is 18.4. The molecule has 0 aliphatic heterocycles. The summed E-state index contributed by atoms with van der Waals surface area (Å²) in [6.07, 6.45) is 10.8. The van der Waals surface area contributed by atoms with E-state index >= 15 is 0 Å². The Morgan fingerprint density at radius 1 is 0.931 bits per heavy atom. The number of hydrogen-bond donors (Lipinski definition) is 3. The Kier molecular flexibility index (Phi) is 8.31. The number of benzene rings is 1. The average Bonchev–Trinajstić information content (AvgIpc) is 2.72. The van der Waals surface area contributed by atoms with Crippen LogP contribution in [-0.2, 0) is 4.79 Å². The standard InChI is InChI=1S/C24H39N3OS/c1-24(2,3)29-27-22-11-9-18(10-12-22)17-25-20-13-15-21(16-14-20)26-23(28)19-7-5-4-6-8-19/h13-16,18-19,22,25,27H,4-12,17H2,1-3H3,(H,26,28).